The molecule has 2 aromatic rings. The van der Waals surface area contributed by atoms with Crippen molar-refractivity contribution in [1.29, 1.82) is 0 Å². The zero-order valence-corrected chi connectivity index (χ0v) is 12.4. The van der Waals surface area contributed by atoms with Crippen LogP contribution in [0.2, 0.25) is 0 Å². The molecule has 3 atom stereocenters. The lowest BCUT2D eigenvalue weighted by atomic mass is 9.78. The average Bonchev–Trinajstić information content (AvgIpc) is 2.52. The fraction of sp³-hybridized carbons (Fsp3) is 0.500. The molecule has 1 saturated heterocycles. The molecule has 0 saturated carbocycles. The van der Waals surface area contributed by atoms with Crippen molar-refractivity contribution < 1.29 is 0 Å². The second-order valence-electron chi connectivity index (χ2n) is 6.16. The lowest BCUT2D eigenvalue weighted by molar-refractivity contribution is 0.224. The van der Waals surface area contributed by atoms with E-state index >= 15 is 0 Å². The molecule has 5 nitrogen and oxygen atoms in total. The van der Waals surface area contributed by atoms with Gasteiger partial charge in [-0.05, 0) is 32.1 Å². The first-order chi connectivity index (χ1) is 10.2. The second-order valence-corrected chi connectivity index (χ2v) is 6.16. The number of rotatable bonds is 1. The number of fused-ring (bicyclic) bond motifs is 4. The number of nitrogens with zero attached hydrogens (tertiary/aromatic N) is 4. The van der Waals surface area contributed by atoms with Crippen LogP contribution in [-0.4, -0.2) is 26.0 Å². The van der Waals surface area contributed by atoms with E-state index in [4.69, 9.17) is 4.98 Å². The normalized spacial score (nSPS) is 27.2. The molecule has 0 aromatic carbocycles. The van der Waals surface area contributed by atoms with Gasteiger partial charge in [0.25, 0.3) is 0 Å². The van der Waals surface area contributed by atoms with Gasteiger partial charge >= 0.3 is 0 Å². The molecule has 0 aliphatic carbocycles. The van der Waals surface area contributed by atoms with Gasteiger partial charge in [-0.15, -0.1) is 0 Å². The van der Waals surface area contributed by atoms with E-state index in [1.54, 1.807) is 18.6 Å². The minimum atomic E-state index is 0.368. The van der Waals surface area contributed by atoms with Crippen LogP contribution in [0.1, 0.15) is 42.9 Å². The van der Waals surface area contributed by atoms with Gasteiger partial charge in [0.15, 0.2) is 0 Å². The topological polar surface area (TPSA) is 63.6 Å². The molecule has 0 unspecified atom stereocenters. The Morgan fingerprint density at radius 1 is 1.19 bits per heavy atom. The summed E-state index contributed by atoms with van der Waals surface area (Å²) in [5.41, 5.74) is 4.26. The monoisotopic (exact) mass is 281 g/mol. The average molecular weight is 281 g/mol. The van der Waals surface area contributed by atoms with Crippen LogP contribution in [0.3, 0.4) is 0 Å². The van der Waals surface area contributed by atoms with Gasteiger partial charge in [0, 0.05) is 24.0 Å². The molecule has 4 heterocycles. The Morgan fingerprint density at radius 3 is 2.90 bits per heavy atom. The lowest BCUT2D eigenvalue weighted by Gasteiger charge is -2.41. The summed E-state index contributed by atoms with van der Waals surface area (Å²) in [6, 6.07) is 0.894. The summed E-state index contributed by atoms with van der Waals surface area (Å²) < 4.78 is 0. The fourth-order valence-corrected chi connectivity index (χ4v) is 3.57. The van der Waals surface area contributed by atoms with E-state index in [2.05, 4.69) is 27.2 Å². The maximum absolute atomic E-state index is 4.72. The first kappa shape index (κ1) is 12.8. The Morgan fingerprint density at radius 2 is 2.10 bits per heavy atom. The van der Waals surface area contributed by atoms with Crippen LogP contribution in [0.5, 0.6) is 0 Å². The zero-order chi connectivity index (χ0) is 14.4. The zero-order valence-electron chi connectivity index (χ0n) is 12.4. The highest BCUT2D eigenvalue weighted by Gasteiger charge is 2.36. The molecule has 1 fully saturated rings. The Hall–Kier alpha value is -1.88. The molecule has 2 aliphatic rings. The minimum Gasteiger partial charge on any atom is -0.305 e. The van der Waals surface area contributed by atoms with Gasteiger partial charge in [-0.1, -0.05) is 6.92 Å². The second kappa shape index (κ2) is 4.84. The van der Waals surface area contributed by atoms with Gasteiger partial charge < -0.3 is 5.32 Å². The van der Waals surface area contributed by atoms with Crippen molar-refractivity contribution in [2.75, 3.05) is 0 Å². The summed E-state index contributed by atoms with van der Waals surface area (Å²) in [6.07, 6.45) is 8.63. The highest BCUT2D eigenvalue weighted by atomic mass is 15.0. The minimum absolute atomic E-state index is 0.368. The molecular formula is C16H19N5. The van der Waals surface area contributed by atoms with Crippen LogP contribution >= 0.6 is 0 Å². The standard InChI is InChI=1S/C16H19N5/c1-9-3-4-12-15-11(7-13(9)21-12)16(20-10(2)19-15)14-8-17-5-6-18-14/h5-6,8-9,12-13,21H,3-4,7H2,1-2H3/t9-,12+,13+/m0/s1. The van der Waals surface area contributed by atoms with E-state index in [1.165, 1.54) is 17.7 Å². The first-order valence-corrected chi connectivity index (χ1v) is 7.62. The number of piperidine rings is 1. The van der Waals surface area contributed by atoms with Gasteiger partial charge in [0.05, 0.1) is 23.6 Å². The Balaban J connectivity index is 1.89. The predicted molar refractivity (Wildman–Crippen MR) is 79.6 cm³/mol. The van der Waals surface area contributed by atoms with Crippen LogP contribution in [0.4, 0.5) is 0 Å². The van der Waals surface area contributed by atoms with Crippen LogP contribution in [0.15, 0.2) is 18.6 Å². The molecule has 2 aliphatic heterocycles. The number of aromatic nitrogens is 4. The number of aryl methyl sites for hydroxylation is 1. The molecule has 0 amide bonds. The number of hydrogen-bond donors (Lipinski definition) is 1. The molecule has 21 heavy (non-hydrogen) atoms. The Labute approximate surface area is 124 Å². The molecule has 1 N–H and O–H groups in total. The van der Waals surface area contributed by atoms with Crippen LogP contribution in [0.25, 0.3) is 11.4 Å². The SMILES string of the molecule is Cc1nc(-c2cnccn2)c2c(n1)[C@H]1CC[C@H](C)[C@@H](C2)N1. The third-order valence-corrected chi connectivity index (χ3v) is 4.72. The molecule has 0 radical (unpaired) electrons. The van der Waals surface area contributed by atoms with Gasteiger partial charge in [0.2, 0.25) is 0 Å². The van der Waals surface area contributed by atoms with Gasteiger partial charge in [-0.3, -0.25) is 9.97 Å². The Bertz CT molecular complexity index is 670. The summed E-state index contributed by atoms with van der Waals surface area (Å²) in [4.78, 5) is 18.0. The molecule has 4 rings (SSSR count). The van der Waals surface area contributed by atoms with E-state index in [-0.39, 0.29) is 0 Å². The Kier molecular flexibility index (Phi) is 2.96. The van der Waals surface area contributed by atoms with Crippen molar-refractivity contribution in [2.45, 2.75) is 45.2 Å². The van der Waals surface area contributed by atoms with E-state index in [0.717, 1.165) is 30.1 Å². The fourth-order valence-electron chi connectivity index (χ4n) is 3.57. The number of nitrogens with one attached hydrogen (secondary N) is 1. The molecule has 5 heteroatoms. The largest absolute Gasteiger partial charge is 0.305 e. The summed E-state index contributed by atoms with van der Waals surface area (Å²) in [5.74, 6) is 1.51. The predicted octanol–water partition coefficient (Wildman–Crippen LogP) is 2.23. The van der Waals surface area contributed by atoms with Crippen molar-refractivity contribution in [3.05, 3.63) is 35.7 Å². The highest BCUT2D eigenvalue weighted by Crippen LogP contribution is 2.38. The number of hydrogen-bond acceptors (Lipinski definition) is 5. The van der Waals surface area contributed by atoms with Crippen molar-refractivity contribution in [3.63, 3.8) is 0 Å². The third-order valence-electron chi connectivity index (χ3n) is 4.72. The maximum atomic E-state index is 4.72. The molecule has 108 valence electrons. The first-order valence-electron chi connectivity index (χ1n) is 7.62. The summed E-state index contributed by atoms with van der Waals surface area (Å²) >= 11 is 0. The molecule has 2 aromatic heterocycles. The van der Waals surface area contributed by atoms with Crippen molar-refractivity contribution >= 4 is 0 Å². The summed E-state index contributed by atoms with van der Waals surface area (Å²) in [7, 11) is 0. The van der Waals surface area contributed by atoms with Crippen LogP contribution in [-0.2, 0) is 6.42 Å². The summed E-state index contributed by atoms with van der Waals surface area (Å²) in [5, 5.41) is 3.74. The smallest absolute Gasteiger partial charge is 0.126 e. The lowest BCUT2D eigenvalue weighted by Crippen LogP contribution is -2.48. The molecule has 0 spiro atoms. The molecular weight excluding hydrogens is 262 g/mol. The van der Waals surface area contributed by atoms with Gasteiger partial charge in [-0.2, -0.15) is 0 Å². The van der Waals surface area contributed by atoms with Gasteiger partial charge in [0.1, 0.15) is 11.5 Å². The third kappa shape index (κ3) is 2.12. The van der Waals surface area contributed by atoms with Crippen LogP contribution in [0, 0.1) is 12.8 Å². The highest BCUT2D eigenvalue weighted by molar-refractivity contribution is 5.60. The summed E-state index contributed by atoms with van der Waals surface area (Å²) in [6.45, 7) is 4.29. The van der Waals surface area contributed by atoms with Crippen molar-refractivity contribution in [3.8, 4) is 11.4 Å². The van der Waals surface area contributed by atoms with Crippen molar-refractivity contribution in [2.24, 2.45) is 5.92 Å². The van der Waals surface area contributed by atoms with E-state index in [1.807, 2.05) is 6.92 Å². The van der Waals surface area contributed by atoms with Crippen molar-refractivity contribution in [1.82, 2.24) is 25.3 Å². The quantitative estimate of drug-likeness (QED) is 0.868. The van der Waals surface area contributed by atoms with E-state index in [9.17, 15) is 0 Å². The van der Waals surface area contributed by atoms with Gasteiger partial charge in [-0.25, -0.2) is 9.97 Å². The van der Waals surface area contributed by atoms with Crippen LogP contribution < -0.4 is 5.32 Å². The van der Waals surface area contributed by atoms with E-state index < -0.39 is 0 Å². The van der Waals surface area contributed by atoms with E-state index in [0.29, 0.717) is 18.0 Å². The molecule has 2 bridgehead atoms. The maximum Gasteiger partial charge on any atom is 0.126 e.